The molecule has 2 heterocycles. The van der Waals surface area contributed by atoms with Gasteiger partial charge >= 0.3 is 6.09 Å². The van der Waals surface area contributed by atoms with Crippen LogP contribution in [0.15, 0.2) is 29.2 Å². The lowest BCUT2D eigenvalue weighted by molar-refractivity contribution is 0.0166. The highest BCUT2D eigenvalue weighted by Gasteiger charge is 2.47. The number of nitrogens with zero attached hydrogens (tertiary/aromatic N) is 1. The first-order valence-electron chi connectivity index (χ1n) is 10.9. The standard InChI is InChI=1S/C22H36N3O4S/c1-22(2,3)29-21(26)25(19-5-7-20(8-6-19)30(27,28)23-4)15-11-18(12-16-25)17-9-13-24-14-10-17/h5-8,17-18,23-24H,9-16H2,1-4H3/q+1. The molecule has 0 aliphatic carbocycles. The van der Waals surface area contributed by atoms with E-state index >= 15 is 0 Å². The number of carbonyl (C=O) groups excluding carboxylic acids is 1. The Morgan fingerprint density at radius 3 is 2.07 bits per heavy atom. The predicted molar refractivity (Wildman–Crippen MR) is 119 cm³/mol. The number of sulfonamides is 1. The Morgan fingerprint density at radius 1 is 1.03 bits per heavy atom. The molecule has 30 heavy (non-hydrogen) atoms. The van der Waals surface area contributed by atoms with Gasteiger partial charge in [-0.1, -0.05) is 0 Å². The van der Waals surface area contributed by atoms with Crippen LogP contribution in [0.5, 0.6) is 0 Å². The summed E-state index contributed by atoms with van der Waals surface area (Å²) >= 11 is 0. The van der Waals surface area contributed by atoms with Crippen LogP contribution >= 0.6 is 0 Å². The third kappa shape index (κ3) is 5.04. The molecule has 1 aromatic carbocycles. The SMILES string of the molecule is CNS(=O)(=O)c1ccc([N+]2(C(=O)OC(C)(C)C)CCC(C3CCNCC3)CC2)cc1. The van der Waals surface area contributed by atoms with Gasteiger partial charge in [-0.05, 0) is 77.7 Å². The molecule has 2 N–H and O–H groups in total. The fraction of sp³-hybridized carbons (Fsp3) is 0.682. The molecule has 0 radical (unpaired) electrons. The lowest BCUT2D eigenvalue weighted by Gasteiger charge is -2.43. The number of amides is 1. The number of carbonyl (C=O) groups is 1. The van der Waals surface area contributed by atoms with E-state index in [1.54, 1.807) is 24.3 Å². The number of hydrogen-bond donors (Lipinski definition) is 2. The molecule has 8 heteroatoms. The van der Waals surface area contributed by atoms with Gasteiger partial charge in [0, 0.05) is 25.0 Å². The highest BCUT2D eigenvalue weighted by atomic mass is 32.2. The van der Waals surface area contributed by atoms with E-state index in [-0.39, 0.29) is 15.5 Å². The molecule has 0 atom stereocenters. The van der Waals surface area contributed by atoms with E-state index in [9.17, 15) is 13.2 Å². The molecule has 7 nitrogen and oxygen atoms in total. The van der Waals surface area contributed by atoms with E-state index in [2.05, 4.69) is 10.0 Å². The van der Waals surface area contributed by atoms with Crippen LogP contribution in [-0.2, 0) is 14.8 Å². The lowest BCUT2D eigenvalue weighted by Crippen LogP contribution is -2.60. The molecule has 2 aliphatic rings. The van der Waals surface area contributed by atoms with E-state index < -0.39 is 15.6 Å². The van der Waals surface area contributed by atoms with Crippen LogP contribution in [0.3, 0.4) is 0 Å². The topological polar surface area (TPSA) is 84.5 Å². The lowest BCUT2D eigenvalue weighted by atomic mass is 9.78. The third-order valence-corrected chi connectivity index (χ3v) is 7.90. The van der Waals surface area contributed by atoms with Crippen molar-refractivity contribution in [2.24, 2.45) is 11.8 Å². The number of ether oxygens (including phenoxy) is 1. The number of quaternary nitrogens is 1. The molecule has 0 spiro atoms. The molecule has 2 fully saturated rings. The summed E-state index contributed by atoms with van der Waals surface area (Å²) in [6.07, 6.45) is 4.10. The summed E-state index contributed by atoms with van der Waals surface area (Å²) in [4.78, 5) is 13.6. The Bertz CT molecular complexity index is 832. The minimum Gasteiger partial charge on any atom is -0.414 e. The molecule has 2 saturated heterocycles. The molecule has 0 aromatic heterocycles. The summed E-state index contributed by atoms with van der Waals surface area (Å²) < 4.78 is 32.5. The minimum absolute atomic E-state index is 0.124. The van der Waals surface area contributed by atoms with Crippen LogP contribution in [0.4, 0.5) is 10.5 Å². The van der Waals surface area contributed by atoms with Gasteiger partial charge in [0.2, 0.25) is 10.0 Å². The van der Waals surface area contributed by atoms with Crippen molar-refractivity contribution in [3.05, 3.63) is 24.3 Å². The van der Waals surface area contributed by atoms with Crippen molar-refractivity contribution in [2.75, 3.05) is 33.2 Å². The molecule has 0 bridgehead atoms. The Balaban J connectivity index is 1.87. The molecule has 3 rings (SSSR count). The zero-order valence-electron chi connectivity index (χ0n) is 18.6. The molecule has 1 aromatic rings. The van der Waals surface area contributed by atoms with Crippen LogP contribution < -0.4 is 14.5 Å². The zero-order chi connectivity index (χ0) is 22.0. The average Bonchev–Trinajstić information content (AvgIpc) is 2.73. The monoisotopic (exact) mass is 438 g/mol. The van der Waals surface area contributed by atoms with Crippen LogP contribution in [0.25, 0.3) is 0 Å². The van der Waals surface area contributed by atoms with Gasteiger partial charge in [-0.3, -0.25) is 0 Å². The molecular formula is C22H36N3O4S+. The molecule has 0 saturated carbocycles. The summed E-state index contributed by atoms with van der Waals surface area (Å²) in [7, 11) is -2.12. The minimum atomic E-state index is -3.52. The van der Waals surface area contributed by atoms with Gasteiger partial charge in [0.25, 0.3) is 0 Å². The molecular weight excluding hydrogens is 402 g/mol. The number of piperidine rings is 2. The van der Waals surface area contributed by atoms with Crippen molar-refractivity contribution < 1.29 is 17.9 Å². The number of benzene rings is 1. The van der Waals surface area contributed by atoms with Gasteiger partial charge in [-0.2, -0.15) is 9.28 Å². The smallest absolute Gasteiger partial charge is 0.414 e. The first kappa shape index (κ1) is 23.2. The van der Waals surface area contributed by atoms with E-state index in [0.717, 1.165) is 37.5 Å². The first-order valence-corrected chi connectivity index (χ1v) is 12.4. The van der Waals surface area contributed by atoms with Crippen molar-refractivity contribution in [3.63, 3.8) is 0 Å². The summed E-state index contributed by atoms with van der Waals surface area (Å²) in [5.74, 6) is 1.35. The fourth-order valence-corrected chi connectivity index (χ4v) is 5.47. The summed E-state index contributed by atoms with van der Waals surface area (Å²) in [6.45, 7) is 9.16. The van der Waals surface area contributed by atoms with Crippen molar-refractivity contribution in [1.29, 1.82) is 0 Å². The van der Waals surface area contributed by atoms with Crippen LogP contribution in [0, 0.1) is 11.8 Å². The highest BCUT2D eigenvalue weighted by molar-refractivity contribution is 7.89. The second kappa shape index (κ2) is 8.94. The molecule has 2 aliphatic heterocycles. The van der Waals surface area contributed by atoms with E-state index in [4.69, 9.17) is 4.74 Å². The van der Waals surface area contributed by atoms with Gasteiger partial charge in [-0.25, -0.2) is 13.1 Å². The molecule has 1 amide bonds. The highest BCUT2D eigenvalue weighted by Crippen LogP contribution is 2.38. The number of hydrogen-bond acceptors (Lipinski definition) is 5. The Morgan fingerprint density at radius 2 is 1.57 bits per heavy atom. The Kier molecular flexibility index (Phi) is 6.91. The zero-order valence-corrected chi connectivity index (χ0v) is 19.4. The van der Waals surface area contributed by atoms with Crippen molar-refractivity contribution in [2.45, 2.75) is 57.0 Å². The number of rotatable bonds is 4. The normalized spacial score (nSPS) is 26.3. The van der Waals surface area contributed by atoms with Crippen molar-refractivity contribution in [1.82, 2.24) is 14.5 Å². The second-order valence-electron chi connectivity index (χ2n) is 9.52. The summed E-state index contributed by atoms with van der Waals surface area (Å²) in [5, 5.41) is 3.43. The van der Waals surface area contributed by atoms with Crippen LogP contribution in [0.2, 0.25) is 0 Å². The summed E-state index contributed by atoms with van der Waals surface area (Å²) in [6, 6.07) is 6.67. The van der Waals surface area contributed by atoms with E-state index in [1.165, 1.54) is 19.9 Å². The quantitative estimate of drug-likeness (QED) is 0.705. The maximum atomic E-state index is 13.4. The van der Waals surface area contributed by atoms with Crippen molar-refractivity contribution >= 4 is 21.8 Å². The van der Waals surface area contributed by atoms with Gasteiger partial charge in [0.15, 0.2) is 0 Å². The van der Waals surface area contributed by atoms with E-state index in [1.807, 2.05) is 20.8 Å². The van der Waals surface area contributed by atoms with Gasteiger partial charge in [0.05, 0.1) is 18.0 Å². The largest absolute Gasteiger partial charge is 0.521 e. The number of nitrogens with one attached hydrogen (secondary N) is 2. The number of likely N-dealkylation sites (tertiary alicyclic amines) is 1. The fourth-order valence-electron chi connectivity index (χ4n) is 4.74. The van der Waals surface area contributed by atoms with Gasteiger partial charge in [0.1, 0.15) is 11.3 Å². The Hall–Kier alpha value is -1.48. The molecule has 168 valence electrons. The summed E-state index contributed by atoms with van der Waals surface area (Å²) in [5.41, 5.74) is 0.215. The predicted octanol–water partition coefficient (Wildman–Crippen LogP) is 3.25. The van der Waals surface area contributed by atoms with Crippen LogP contribution in [0.1, 0.15) is 46.5 Å². The van der Waals surface area contributed by atoms with E-state index in [0.29, 0.717) is 19.0 Å². The third-order valence-electron chi connectivity index (χ3n) is 6.47. The maximum Gasteiger partial charge on any atom is 0.521 e. The van der Waals surface area contributed by atoms with Crippen molar-refractivity contribution in [3.8, 4) is 0 Å². The Labute approximate surface area is 180 Å². The maximum absolute atomic E-state index is 13.4. The van der Waals surface area contributed by atoms with Gasteiger partial charge in [-0.15, -0.1) is 0 Å². The van der Waals surface area contributed by atoms with Crippen LogP contribution in [-0.4, -0.2) is 53.3 Å². The molecule has 0 unspecified atom stereocenters. The second-order valence-corrected chi connectivity index (χ2v) is 11.4. The average molecular weight is 439 g/mol. The van der Waals surface area contributed by atoms with Gasteiger partial charge < -0.3 is 10.1 Å². The first-order chi connectivity index (χ1) is 14.1.